The fraction of sp³-hybridized carbons (Fsp3) is 0.273. The minimum absolute atomic E-state index is 0.0314. The van der Waals surface area contributed by atoms with Crippen LogP contribution in [0.3, 0.4) is 0 Å². The summed E-state index contributed by atoms with van der Waals surface area (Å²) < 4.78 is 39.8. The molecule has 0 aliphatic rings. The zero-order valence-electron chi connectivity index (χ0n) is 11.8. The number of hydrogen-bond acceptors (Lipinski definition) is 4. The molecule has 2 heterocycles. The number of nitrogens with zero attached hydrogens (tertiary/aromatic N) is 4. The van der Waals surface area contributed by atoms with Gasteiger partial charge in [0, 0.05) is 14.1 Å². The average molecular weight is 395 g/mol. The van der Waals surface area contributed by atoms with E-state index in [1.54, 1.807) is 0 Å². The van der Waals surface area contributed by atoms with E-state index < -0.39 is 33.9 Å². The third-order valence-electron chi connectivity index (χ3n) is 2.89. The van der Waals surface area contributed by atoms with E-state index in [2.05, 4.69) is 31.4 Å². The Hall–Kier alpha value is -2.37. The third kappa shape index (κ3) is 3.06. The van der Waals surface area contributed by atoms with Crippen molar-refractivity contribution in [3.05, 3.63) is 27.8 Å². The first-order chi connectivity index (χ1) is 10.5. The SMILES string of the molecule is Cn1ncc(NC(=O)c2nn(C)c(C(F)(F)F)c2Br)c1C(N)=O. The minimum atomic E-state index is -4.69. The second kappa shape index (κ2) is 5.68. The topological polar surface area (TPSA) is 108 Å². The first kappa shape index (κ1) is 17.0. The van der Waals surface area contributed by atoms with Crippen molar-refractivity contribution in [1.29, 1.82) is 0 Å². The normalized spacial score (nSPS) is 11.6. The number of nitrogens with two attached hydrogens (primary N) is 1. The van der Waals surface area contributed by atoms with E-state index >= 15 is 0 Å². The molecule has 0 radical (unpaired) electrons. The maximum atomic E-state index is 12.9. The summed E-state index contributed by atoms with van der Waals surface area (Å²) in [6.07, 6.45) is -3.54. The number of amides is 2. The van der Waals surface area contributed by atoms with Crippen LogP contribution >= 0.6 is 15.9 Å². The molecule has 0 aliphatic heterocycles. The molecule has 8 nitrogen and oxygen atoms in total. The number of aromatic nitrogens is 4. The molecular formula is C11H10BrF3N6O2. The molecule has 2 aromatic heterocycles. The summed E-state index contributed by atoms with van der Waals surface area (Å²) in [5, 5.41) is 9.57. The number of anilines is 1. The maximum Gasteiger partial charge on any atom is 0.434 e. The van der Waals surface area contributed by atoms with E-state index in [0.717, 1.165) is 17.9 Å². The van der Waals surface area contributed by atoms with Crippen LogP contribution in [-0.4, -0.2) is 31.4 Å². The summed E-state index contributed by atoms with van der Waals surface area (Å²) in [4.78, 5) is 23.4. The number of halogens is 4. The number of hydrogen-bond donors (Lipinski definition) is 2. The monoisotopic (exact) mass is 394 g/mol. The summed E-state index contributed by atoms with van der Waals surface area (Å²) in [7, 11) is 2.48. The van der Waals surface area contributed by atoms with Gasteiger partial charge in [0.25, 0.3) is 11.8 Å². The van der Waals surface area contributed by atoms with Crippen LogP contribution < -0.4 is 11.1 Å². The summed E-state index contributed by atoms with van der Waals surface area (Å²) >= 11 is 2.73. The van der Waals surface area contributed by atoms with Gasteiger partial charge in [-0.2, -0.15) is 23.4 Å². The first-order valence-electron chi connectivity index (χ1n) is 5.96. The van der Waals surface area contributed by atoms with Gasteiger partial charge in [0.2, 0.25) is 0 Å². The lowest BCUT2D eigenvalue weighted by Gasteiger charge is -2.06. The van der Waals surface area contributed by atoms with Gasteiger partial charge in [-0.15, -0.1) is 0 Å². The van der Waals surface area contributed by atoms with Gasteiger partial charge in [-0.3, -0.25) is 19.0 Å². The van der Waals surface area contributed by atoms with Gasteiger partial charge >= 0.3 is 6.18 Å². The largest absolute Gasteiger partial charge is 0.434 e. The number of nitrogens with one attached hydrogen (secondary N) is 1. The van der Waals surface area contributed by atoms with E-state index in [-0.39, 0.29) is 11.4 Å². The number of alkyl halides is 3. The fourth-order valence-corrected chi connectivity index (χ4v) is 2.69. The number of carbonyl (C=O) groups is 2. The summed E-state index contributed by atoms with van der Waals surface area (Å²) in [6, 6.07) is 0. The standard InChI is InChI=1S/C11H10BrF3N6O2/c1-20-7(9(16)22)4(3-17-20)18-10(23)6-5(12)8(11(13,14)15)21(2)19-6/h3H,1-2H3,(H2,16,22)(H,18,23). The molecule has 23 heavy (non-hydrogen) atoms. The molecule has 0 aliphatic carbocycles. The summed E-state index contributed by atoms with van der Waals surface area (Å²) in [5.74, 6) is -1.80. The quantitative estimate of drug-likeness (QED) is 0.817. The molecular weight excluding hydrogens is 385 g/mol. The summed E-state index contributed by atoms with van der Waals surface area (Å²) in [6.45, 7) is 0. The number of primary amides is 1. The highest BCUT2D eigenvalue weighted by Gasteiger charge is 2.39. The molecule has 0 saturated carbocycles. The molecule has 0 fully saturated rings. The molecule has 2 rings (SSSR count). The zero-order valence-corrected chi connectivity index (χ0v) is 13.4. The molecule has 0 aromatic carbocycles. The molecule has 2 aromatic rings. The van der Waals surface area contributed by atoms with Gasteiger partial charge in [-0.05, 0) is 15.9 Å². The van der Waals surface area contributed by atoms with Crippen LogP contribution in [0.5, 0.6) is 0 Å². The van der Waals surface area contributed by atoms with E-state index in [4.69, 9.17) is 5.73 Å². The van der Waals surface area contributed by atoms with Crippen LogP contribution in [0.4, 0.5) is 18.9 Å². The maximum absolute atomic E-state index is 12.9. The molecule has 0 bridgehead atoms. The average Bonchev–Trinajstić information content (AvgIpc) is 2.89. The molecule has 12 heteroatoms. The van der Waals surface area contributed by atoms with Crippen LogP contribution in [0.1, 0.15) is 26.7 Å². The van der Waals surface area contributed by atoms with Crippen molar-refractivity contribution in [2.75, 3.05) is 5.32 Å². The third-order valence-corrected chi connectivity index (χ3v) is 3.64. The van der Waals surface area contributed by atoms with Crippen LogP contribution in [0.25, 0.3) is 0 Å². The van der Waals surface area contributed by atoms with E-state index in [9.17, 15) is 22.8 Å². The van der Waals surface area contributed by atoms with Crippen LogP contribution in [0.15, 0.2) is 10.7 Å². The van der Waals surface area contributed by atoms with Crippen molar-refractivity contribution in [3.8, 4) is 0 Å². The molecule has 0 spiro atoms. The van der Waals surface area contributed by atoms with Crippen molar-refractivity contribution in [2.45, 2.75) is 6.18 Å². The molecule has 0 unspecified atom stereocenters. The smallest absolute Gasteiger partial charge is 0.364 e. The molecule has 124 valence electrons. The number of aryl methyl sites for hydroxylation is 2. The Balaban J connectivity index is 2.39. The lowest BCUT2D eigenvalue weighted by Crippen LogP contribution is -2.20. The predicted molar refractivity (Wildman–Crippen MR) is 75.6 cm³/mol. The first-order valence-corrected chi connectivity index (χ1v) is 6.76. The van der Waals surface area contributed by atoms with Crippen molar-refractivity contribution in [3.63, 3.8) is 0 Å². The highest BCUT2D eigenvalue weighted by molar-refractivity contribution is 9.10. The Morgan fingerprint density at radius 1 is 1.30 bits per heavy atom. The van der Waals surface area contributed by atoms with Crippen molar-refractivity contribution >= 4 is 33.4 Å². The fourth-order valence-electron chi connectivity index (χ4n) is 1.95. The Morgan fingerprint density at radius 3 is 2.39 bits per heavy atom. The van der Waals surface area contributed by atoms with Gasteiger partial charge in [0.1, 0.15) is 5.69 Å². The van der Waals surface area contributed by atoms with Gasteiger partial charge < -0.3 is 11.1 Å². The van der Waals surface area contributed by atoms with Gasteiger partial charge in [-0.25, -0.2) is 0 Å². The van der Waals surface area contributed by atoms with Crippen molar-refractivity contribution in [2.24, 2.45) is 19.8 Å². The predicted octanol–water partition coefficient (Wildman–Crippen LogP) is 1.29. The zero-order chi connectivity index (χ0) is 17.5. The van der Waals surface area contributed by atoms with Crippen molar-refractivity contribution < 1.29 is 22.8 Å². The van der Waals surface area contributed by atoms with Crippen LogP contribution in [-0.2, 0) is 20.3 Å². The Bertz CT molecular complexity index is 795. The van der Waals surface area contributed by atoms with Crippen molar-refractivity contribution in [1.82, 2.24) is 19.6 Å². The molecule has 3 N–H and O–H groups in total. The van der Waals surface area contributed by atoms with Crippen LogP contribution in [0.2, 0.25) is 0 Å². The number of carbonyl (C=O) groups excluding carboxylic acids is 2. The Labute approximate surface area is 135 Å². The van der Waals surface area contributed by atoms with Crippen LogP contribution in [0, 0.1) is 0 Å². The highest BCUT2D eigenvalue weighted by atomic mass is 79.9. The second-order valence-electron chi connectivity index (χ2n) is 4.48. The van der Waals surface area contributed by atoms with Gasteiger partial charge in [0.15, 0.2) is 11.4 Å². The molecule has 0 atom stereocenters. The highest BCUT2D eigenvalue weighted by Crippen LogP contribution is 2.36. The van der Waals surface area contributed by atoms with Gasteiger partial charge in [-0.1, -0.05) is 0 Å². The molecule has 2 amide bonds. The summed E-state index contributed by atoms with van der Waals surface area (Å²) in [5.41, 5.74) is 3.44. The van der Waals surface area contributed by atoms with Gasteiger partial charge in [0.05, 0.1) is 16.4 Å². The Kier molecular flexibility index (Phi) is 4.20. The minimum Gasteiger partial charge on any atom is -0.364 e. The molecule has 0 saturated heterocycles. The lowest BCUT2D eigenvalue weighted by molar-refractivity contribution is -0.144. The lowest BCUT2D eigenvalue weighted by atomic mass is 10.3. The van der Waals surface area contributed by atoms with E-state index in [1.165, 1.54) is 7.05 Å². The van der Waals surface area contributed by atoms with E-state index in [1.807, 2.05) is 0 Å². The van der Waals surface area contributed by atoms with E-state index in [0.29, 0.717) is 4.68 Å². The Morgan fingerprint density at radius 2 is 1.91 bits per heavy atom. The second-order valence-corrected chi connectivity index (χ2v) is 5.27. The number of rotatable bonds is 3.